The molecule has 0 amide bonds. The predicted molar refractivity (Wildman–Crippen MR) is 101 cm³/mol. The average molecular weight is 325 g/mol. The molecule has 2 rings (SSSR count). The molecule has 1 aromatic heterocycles. The number of ether oxygens (including phenoxy) is 1. The summed E-state index contributed by atoms with van der Waals surface area (Å²) in [4.78, 5) is 4.89. The first kappa shape index (κ1) is 18.7. The molecule has 1 heterocycles. The van der Waals surface area contributed by atoms with Crippen LogP contribution < -0.4 is 0 Å². The first-order valence-electron chi connectivity index (χ1n) is 9.26. The summed E-state index contributed by atoms with van der Waals surface area (Å²) in [6.07, 6.45) is 4.42. The number of aromatic nitrogens is 1. The molecule has 2 aromatic rings. The van der Waals surface area contributed by atoms with E-state index in [0.29, 0.717) is 18.4 Å². The van der Waals surface area contributed by atoms with Crippen molar-refractivity contribution in [2.75, 3.05) is 6.61 Å². The van der Waals surface area contributed by atoms with Crippen molar-refractivity contribution in [1.29, 1.82) is 0 Å². The van der Waals surface area contributed by atoms with E-state index in [0.717, 1.165) is 32.3 Å². The Bertz CT molecular complexity index is 580. The van der Waals surface area contributed by atoms with Crippen LogP contribution in [0.1, 0.15) is 62.9 Å². The van der Waals surface area contributed by atoms with Crippen molar-refractivity contribution in [1.82, 2.24) is 4.98 Å². The van der Waals surface area contributed by atoms with Crippen LogP contribution in [0.2, 0.25) is 0 Å². The van der Waals surface area contributed by atoms with E-state index in [4.69, 9.17) is 9.72 Å². The normalized spacial score (nSPS) is 12.5. The van der Waals surface area contributed by atoms with Gasteiger partial charge in [-0.25, -0.2) is 0 Å². The summed E-state index contributed by atoms with van der Waals surface area (Å²) in [5.41, 5.74) is 3.72. The second-order valence-corrected chi connectivity index (χ2v) is 6.94. The van der Waals surface area contributed by atoms with E-state index in [1.807, 2.05) is 6.07 Å². The number of hydrogen-bond acceptors (Lipinski definition) is 2. The standard InChI is InChI=1S/C22H31NO/c1-4-20(22-14-8-13-21(23-22)16-18(2)3)12-9-15-24-17-19-10-6-5-7-11-19/h5-8,10-11,13-14,18,20H,4,9,12,15-17H2,1-3H3. The maximum absolute atomic E-state index is 5.81. The Kier molecular flexibility index (Phi) is 7.97. The minimum absolute atomic E-state index is 0.539. The second-order valence-electron chi connectivity index (χ2n) is 6.94. The van der Waals surface area contributed by atoms with Gasteiger partial charge in [-0.2, -0.15) is 0 Å². The maximum atomic E-state index is 5.81. The van der Waals surface area contributed by atoms with Crippen molar-refractivity contribution in [2.24, 2.45) is 5.92 Å². The number of hydrogen-bond donors (Lipinski definition) is 0. The van der Waals surface area contributed by atoms with Crippen LogP contribution in [0.25, 0.3) is 0 Å². The Hall–Kier alpha value is -1.67. The molecular formula is C22H31NO. The minimum Gasteiger partial charge on any atom is -0.377 e. The smallest absolute Gasteiger partial charge is 0.0716 e. The van der Waals surface area contributed by atoms with Gasteiger partial charge in [0.2, 0.25) is 0 Å². The number of benzene rings is 1. The summed E-state index contributed by atoms with van der Waals surface area (Å²) in [6.45, 7) is 8.27. The van der Waals surface area contributed by atoms with E-state index >= 15 is 0 Å². The summed E-state index contributed by atoms with van der Waals surface area (Å²) in [6, 6.07) is 16.9. The molecule has 24 heavy (non-hydrogen) atoms. The first-order valence-corrected chi connectivity index (χ1v) is 9.26. The molecule has 2 nitrogen and oxygen atoms in total. The fourth-order valence-corrected chi connectivity index (χ4v) is 3.01. The molecule has 0 spiro atoms. The van der Waals surface area contributed by atoms with Crippen molar-refractivity contribution < 1.29 is 4.74 Å². The van der Waals surface area contributed by atoms with Crippen molar-refractivity contribution in [3.05, 3.63) is 65.5 Å². The van der Waals surface area contributed by atoms with Crippen LogP contribution in [-0.4, -0.2) is 11.6 Å². The topological polar surface area (TPSA) is 22.1 Å². The van der Waals surface area contributed by atoms with Gasteiger partial charge in [0.25, 0.3) is 0 Å². The van der Waals surface area contributed by atoms with Crippen LogP contribution in [0.15, 0.2) is 48.5 Å². The molecule has 1 unspecified atom stereocenters. The van der Waals surface area contributed by atoms with Crippen LogP contribution in [0.3, 0.4) is 0 Å². The molecule has 0 aliphatic carbocycles. The quantitative estimate of drug-likeness (QED) is 0.517. The van der Waals surface area contributed by atoms with Crippen LogP contribution >= 0.6 is 0 Å². The van der Waals surface area contributed by atoms with Gasteiger partial charge in [-0.3, -0.25) is 4.98 Å². The van der Waals surface area contributed by atoms with Gasteiger partial charge >= 0.3 is 0 Å². The zero-order chi connectivity index (χ0) is 17.2. The highest BCUT2D eigenvalue weighted by molar-refractivity contribution is 5.15. The maximum Gasteiger partial charge on any atom is 0.0716 e. The van der Waals surface area contributed by atoms with Crippen LogP contribution in [0.4, 0.5) is 0 Å². The van der Waals surface area contributed by atoms with E-state index in [-0.39, 0.29) is 0 Å². The van der Waals surface area contributed by atoms with Gasteiger partial charge < -0.3 is 4.74 Å². The molecule has 0 bridgehead atoms. The van der Waals surface area contributed by atoms with Gasteiger partial charge in [-0.15, -0.1) is 0 Å². The molecular weight excluding hydrogens is 294 g/mol. The Morgan fingerprint density at radius 3 is 2.50 bits per heavy atom. The first-order chi connectivity index (χ1) is 11.7. The summed E-state index contributed by atoms with van der Waals surface area (Å²) >= 11 is 0. The zero-order valence-electron chi connectivity index (χ0n) is 15.4. The fraction of sp³-hybridized carbons (Fsp3) is 0.500. The van der Waals surface area contributed by atoms with Gasteiger partial charge in [0, 0.05) is 23.9 Å². The Morgan fingerprint density at radius 1 is 1.00 bits per heavy atom. The second kappa shape index (κ2) is 10.2. The predicted octanol–water partition coefficient (Wildman–Crippen LogP) is 5.77. The highest BCUT2D eigenvalue weighted by Crippen LogP contribution is 2.24. The molecule has 1 atom stereocenters. The zero-order valence-corrected chi connectivity index (χ0v) is 15.4. The monoisotopic (exact) mass is 325 g/mol. The lowest BCUT2D eigenvalue weighted by Gasteiger charge is -2.16. The SMILES string of the molecule is CCC(CCCOCc1ccccc1)c1cccc(CC(C)C)n1. The van der Waals surface area contributed by atoms with Crippen LogP contribution in [0, 0.1) is 5.92 Å². The lowest BCUT2D eigenvalue weighted by molar-refractivity contribution is 0.115. The third-order valence-corrected chi connectivity index (χ3v) is 4.31. The molecule has 0 aliphatic rings. The largest absolute Gasteiger partial charge is 0.377 e. The Morgan fingerprint density at radius 2 is 1.79 bits per heavy atom. The summed E-state index contributed by atoms with van der Waals surface area (Å²) in [7, 11) is 0. The molecule has 0 aliphatic heterocycles. The van der Waals surface area contributed by atoms with Gasteiger partial charge in [0.05, 0.1) is 6.61 Å². The molecule has 1 aromatic carbocycles. The van der Waals surface area contributed by atoms with E-state index in [1.54, 1.807) is 0 Å². The van der Waals surface area contributed by atoms with E-state index in [2.05, 4.69) is 63.2 Å². The molecule has 0 N–H and O–H groups in total. The highest BCUT2D eigenvalue weighted by Gasteiger charge is 2.11. The third-order valence-electron chi connectivity index (χ3n) is 4.31. The molecule has 0 saturated carbocycles. The highest BCUT2D eigenvalue weighted by atomic mass is 16.5. The number of rotatable bonds is 10. The van der Waals surface area contributed by atoms with Crippen LogP contribution in [-0.2, 0) is 17.8 Å². The number of pyridine rings is 1. The van der Waals surface area contributed by atoms with Crippen molar-refractivity contribution in [2.45, 2.75) is 59.0 Å². The molecule has 0 radical (unpaired) electrons. The van der Waals surface area contributed by atoms with Gasteiger partial charge in [-0.05, 0) is 49.3 Å². The third kappa shape index (κ3) is 6.45. The lowest BCUT2D eigenvalue weighted by Crippen LogP contribution is -2.06. The van der Waals surface area contributed by atoms with E-state index in [1.165, 1.54) is 17.0 Å². The molecule has 130 valence electrons. The number of nitrogens with zero attached hydrogens (tertiary/aromatic N) is 1. The fourth-order valence-electron chi connectivity index (χ4n) is 3.01. The minimum atomic E-state index is 0.539. The lowest BCUT2D eigenvalue weighted by atomic mass is 9.95. The molecule has 0 saturated heterocycles. The van der Waals surface area contributed by atoms with E-state index in [9.17, 15) is 0 Å². The molecule has 2 heteroatoms. The Labute approximate surface area is 147 Å². The van der Waals surface area contributed by atoms with Crippen LogP contribution in [0.5, 0.6) is 0 Å². The van der Waals surface area contributed by atoms with Crippen molar-refractivity contribution in [3.8, 4) is 0 Å². The van der Waals surface area contributed by atoms with Gasteiger partial charge in [0.1, 0.15) is 0 Å². The summed E-state index contributed by atoms with van der Waals surface area (Å²) < 4.78 is 5.81. The Balaban J connectivity index is 1.77. The van der Waals surface area contributed by atoms with Gasteiger partial charge in [0.15, 0.2) is 0 Å². The summed E-state index contributed by atoms with van der Waals surface area (Å²) in [5, 5.41) is 0. The molecule has 0 fully saturated rings. The van der Waals surface area contributed by atoms with Gasteiger partial charge in [-0.1, -0.05) is 57.2 Å². The van der Waals surface area contributed by atoms with Crippen molar-refractivity contribution in [3.63, 3.8) is 0 Å². The van der Waals surface area contributed by atoms with Crippen molar-refractivity contribution >= 4 is 0 Å². The van der Waals surface area contributed by atoms with E-state index < -0.39 is 0 Å². The average Bonchev–Trinajstić information content (AvgIpc) is 2.58. The summed E-state index contributed by atoms with van der Waals surface area (Å²) in [5.74, 6) is 1.19.